The second-order valence-electron chi connectivity index (χ2n) is 7.21. The Labute approximate surface area is 202 Å². The van der Waals surface area contributed by atoms with E-state index in [0.717, 1.165) is 34.6 Å². The second-order valence-corrected chi connectivity index (χ2v) is 8.07. The van der Waals surface area contributed by atoms with Crippen LogP contribution in [-0.2, 0) is 4.79 Å². The van der Waals surface area contributed by atoms with Gasteiger partial charge in [0, 0.05) is 42.0 Å². The molecule has 0 unspecified atom stereocenters. The molecule has 0 bridgehead atoms. The highest BCUT2D eigenvalue weighted by molar-refractivity contribution is 7.13. The average Bonchev–Trinajstić information content (AvgIpc) is 3.49. The second kappa shape index (κ2) is 11.1. The van der Waals surface area contributed by atoms with Crippen molar-refractivity contribution in [1.82, 2.24) is 20.0 Å². The zero-order valence-electron chi connectivity index (χ0n) is 18.7. The molecular weight excluding hydrogens is 485 g/mol. The van der Waals surface area contributed by atoms with Crippen molar-refractivity contribution >= 4 is 34.2 Å². The number of amides is 1. The minimum atomic E-state index is -5.08. The summed E-state index contributed by atoms with van der Waals surface area (Å²) in [6.45, 7) is 5.48. The number of hydrogen-bond acceptors (Lipinski definition) is 7. The van der Waals surface area contributed by atoms with Gasteiger partial charge in [-0.25, -0.2) is 9.78 Å². The van der Waals surface area contributed by atoms with Crippen molar-refractivity contribution in [3.63, 3.8) is 0 Å². The minimum absolute atomic E-state index is 0.0210. The molecule has 0 aliphatic rings. The van der Waals surface area contributed by atoms with Crippen LogP contribution < -0.4 is 0 Å². The molecule has 1 aromatic carbocycles. The molecule has 0 fully saturated rings. The van der Waals surface area contributed by atoms with Gasteiger partial charge in [-0.3, -0.25) is 9.78 Å². The predicted molar refractivity (Wildman–Crippen MR) is 124 cm³/mol. The topological polar surface area (TPSA) is 109 Å². The maximum atomic E-state index is 12.8. The molecule has 0 radical (unpaired) electrons. The molecule has 3 heterocycles. The van der Waals surface area contributed by atoms with E-state index in [4.69, 9.17) is 14.4 Å². The first-order chi connectivity index (χ1) is 16.7. The molecule has 0 atom stereocenters. The van der Waals surface area contributed by atoms with Gasteiger partial charge in [0.25, 0.3) is 5.91 Å². The lowest BCUT2D eigenvalue weighted by Gasteiger charge is -2.20. The molecule has 0 saturated carbocycles. The highest BCUT2D eigenvalue weighted by Gasteiger charge is 2.38. The number of hydrogen-bond donors (Lipinski definition) is 1. The van der Waals surface area contributed by atoms with Crippen molar-refractivity contribution in [3.05, 3.63) is 53.7 Å². The van der Waals surface area contributed by atoms with E-state index in [9.17, 15) is 18.0 Å². The fraction of sp³-hybridized carbons (Fsp3) is 0.261. The summed E-state index contributed by atoms with van der Waals surface area (Å²) in [5.41, 5.74) is 3.61. The lowest BCUT2D eigenvalue weighted by atomic mass is 10.1. The first kappa shape index (κ1) is 25.8. The number of carboxylic acid groups (broad SMARTS) is 1. The molecule has 1 amide bonds. The maximum absolute atomic E-state index is 12.8. The molecule has 0 spiro atoms. The molecule has 1 N–H and O–H groups in total. The lowest BCUT2D eigenvalue weighted by Crippen LogP contribution is -2.31. The summed E-state index contributed by atoms with van der Waals surface area (Å²) in [6, 6.07) is 9.30. The third kappa shape index (κ3) is 6.21. The summed E-state index contributed by atoms with van der Waals surface area (Å²) in [5, 5.41) is 14.9. The van der Waals surface area contributed by atoms with Gasteiger partial charge < -0.3 is 14.5 Å². The minimum Gasteiger partial charge on any atom is -0.475 e. The number of aromatic nitrogens is 3. The van der Waals surface area contributed by atoms with Gasteiger partial charge in [0.1, 0.15) is 16.4 Å². The molecule has 184 valence electrons. The van der Waals surface area contributed by atoms with Gasteiger partial charge >= 0.3 is 12.1 Å². The van der Waals surface area contributed by atoms with Crippen molar-refractivity contribution in [2.45, 2.75) is 26.4 Å². The Morgan fingerprint density at radius 1 is 1.20 bits per heavy atom. The summed E-state index contributed by atoms with van der Waals surface area (Å²) in [6.07, 6.45) is -0.635. The summed E-state index contributed by atoms with van der Waals surface area (Å²) < 4.78 is 37.2. The fourth-order valence-electron chi connectivity index (χ4n) is 3.12. The molecule has 3 aromatic heterocycles. The van der Waals surface area contributed by atoms with Crippen molar-refractivity contribution < 1.29 is 32.4 Å². The van der Waals surface area contributed by atoms with Crippen LogP contribution in [-0.4, -0.2) is 56.3 Å². The van der Waals surface area contributed by atoms with E-state index in [1.165, 1.54) is 11.3 Å². The third-order valence-electron chi connectivity index (χ3n) is 4.78. The van der Waals surface area contributed by atoms with Crippen LogP contribution in [0.5, 0.6) is 0 Å². The Morgan fingerprint density at radius 2 is 1.94 bits per heavy atom. The Morgan fingerprint density at radius 3 is 2.54 bits per heavy atom. The molecular formula is C23H21F3N4O4S. The Balaban J connectivity index is 0.000000429. The van der Waals surface area contributed by atoms with Gasteiger partial charge in [-0.1, -0.05) is 12.1 Å². The van der Waals surface area contributed by atoms with E-state index in [-0.39, 0.29) is 5.91 Å². The highest BCUT2D eigenvalue weighted by atomic mass is 32.1. The zero-order chi connectivity index (χ0) is 25.6. The smallest absolute Gasteiger partial charge is 0.475 e. The standard InChI is InChI=1S/C21H20N4O2S.C2HF3O2/c1-3-10-25(4-2)21(26)14-7-8-18-16(11-14)19(24-27-18)17-13-28-20(23-17)15-6-5-9-22-12-15;3-2(4,5)1(6)7/h5-9,11-13H,3-4,10H2,1-2H3;(H,6,7). The van der Waals surface area contributed by atoms with Crippen LogP contribution in [0, 0.1) is 0 Å². The number of thiazole rings is 1. The Bertz CT molecular complexity index is 1310. The summed E-state index contributed by atoms with van der Waals surface area (Å²) in [4.78, 5) is 32.4. The normalized spacial score (nSPS) is 11.1. The van der Waals surface area contributed by atoms with Crippen LogP contribution in [0.4, 0.5) is 13.2 Å². The first-order valence-electron chi connectivity index (χ1n) is 10.5. The van der Waals surface area contributed by atoms with Gasteiger partial charge in [-0.15, -0.1) is 11.3 Å². The number of carboxylic acids is 1. The van der Waals surface area contributed by atoms with E-state index >= 15 is 0 Å². The van der Waals surface area contributed by atoms with Crippen LogP contribution in [0.2, 0.25) is 0 Å². The quantitative estimate of drug-likeness (QED) is 0.367. The van der Waals surface area contributed by atoms with Gasteiger partial charge in [0.15, 0.2) is 5.58 Å². The van der Waals surface area contributed by atoms with E-state index in [1.54, 1.807) is 24.5 Å². The molecule has 4 aromatic rings. The number of pyridine rings is 1. The molecule has 0 aliphatic heterocycles. The van der Waals surface area contributed by atoms with Gasteiger partial charge in [-0.2, -0.15) is 13.2 Å². The number of carbonyl (C=O) groups is 2. The largest absolute Gasteiger partial charge is 0.490 e. The molecule has 0 saturated heterocycles. The number of aliphatic carboxylic acids is 1. The Kier molecular flexibility index (Phi) is 8.18. The Hall–Kier alpha value is -3.80. The number of fused-ring (bicyclic) bond motifs is 1. The number of alkyl halides is 3. The van der Waals surface area contributed by atoms with Crippen molar-refractivity contribution in [1.29, 1.82) is 0 Å². The third-order valence-corrected chi connectivity index (χ3v) is 5.67. The summed E-state index contributed by atoms with van der Waals surface area (Å²) in [7, 11) is 0. The maximum Gasteiger partial charge on any atom is 0.490 e. The number of nitrogens with zero attached hydrogens (tertiary/aromatic N) is 4. The number of carbonyl (C=O) groups excluding carboxylic acids is 1. The zero-order valence-corrected chi connectivity index (χ0v) is 19.6. The average molecular weight is 507 g/mol. The SMILES string of the molecule is CCCN(CC)C(=O)c1ccc2onc(-c3csc(-c4cccnc4)n3)c2c1.O=C(O)C(F)(F)F. The predicted octanol–water partition coefficient (Wildman–Crippen LogP) is 5.52. The summed E-state index contributed by atoms with van der Waals surface area (Å²) in [5.74, 6) is -2.74. The van der Waals surface area contributed by atoms with Crippen LogP contribution in [0.25, 0.3) is 32.9 Å². The van der Waals surface area contributed by atoms with Crippen LogP contribution in [0.15, 0.2) is 52.6 Å². The van der Waals surface area contributed by atoms with Crippen LogP contribution in [0.3, 0.4) is 0 Å². The fourth-order valence-corrected chi connectivity index (χ4v) is 3.91. The number of rotatable bonds is 6. The van der Waals surface area contributed by atoms with Gasteiger partial charge in [-0.05, 0) is 43.7 Å². The molecule has 12 heteroatoms. The molecule has 35 heavy (non-hydrogen) atoms. The van der Waals surface area contributed by atoms with Crippen molar-refractivity contribution in [2.75, 3.05) is 13.1 Å². The number of benzene rings is 1. The molecule has 0 aliphatic carbocycles. The van der Waals surface area contributed by atoms with Gasteiger partial charge in [0.2, 0.25) is 0 Å². The number of halogens is 3. The van der Waals surface area contributed by atoms with E-state index < -0.39 is 12.1 Å². The highest BCUT2D eigenvalue weighted by Crippen LogP contribution is 2.32. The summed E-state index contributed by atoms with van der Waals surface area (Å²) >= 11 is 1.53. The molecule has 8 nitrogen and oxygen atoms in total. The van der Waals surface area contributed by atoms with E-state index in [2.05, 4.69) is 22.0 Å². The van der Waals surface area contributed by atoms with Crippen LogP contribution in [0.1, 0.15) is 30.6 Å². The van der Waals surface area contributed by atoms with Gasteiger partial charge in [0.05, 0.1) is 5.39 Å². The first-order valence-corrected chi connectivity index (χ1v) is 11.4. The van der Waals surface area contributed by atoms with E-state index in [0.29, 0.717) is 23.4 Å². The van der Waals surface area contributed by atoms with Crippen molar-refractivity contribution in [3.8, 4) is 22.0 Å². The molecule has 4 rings (SSSR count). The lowest BCUT2D eigenvalue weighted by molar-refractivity contribution is -0.192. The van der Waals surface area contributed by atoms with Crippen molar-refractivity contribution in [2.24, 2.45) is 0 Å². The van der Waals surface area contributed by atoms with Crippen LogP contribution >= 0.6 is 11.3 Å². The monoisotopic (exact) mass is 506 g/mol. The van der Waals surface area contributed by atoms with E-state index in [1.807, 2.05) is 35.4 Å².